The van der Waals surface area contributed by atoms with Gasteiger partial charge in [0.2, 0.25) is 5.96 Å². The van der Waals surface area contributed by atoms with Gasteiger partial charge >= 0.3 is 0 Å². The van der Waals surface area contributed by atoms with Gasteiger partial charge in [-0.15, -0.1) is 11.3 Å². The molecule has 2 aromatic carbocycles. The third-order valence-corrected chi connectivity index (χ3v) is 9.10. The topological polar surface area (TPSA) is 149 Å². The number of hydrogen-bond donors (Lipinski definition) is 4. The molecule has 2 aromatic heterocycles. The zero-order valence-corrected chi connectivity index (χ0v) is 24.2. The molecular weight excluding hydrogens is 639 g/mol. The van der Waals surface area contributed by atoms with Crippen LogP contribution in [0.25, 0.3) is 10.9 Å². The second-order valence-electron chi connectivity index (χ2n) is 9.06. The molecule has 0 aliphatic carbocycles. The Labute approximate surface area is 248 Å². The van der Waals surface area contributed by atoms with E-state index in [4.69, 9.17) is 5.73 Å². The van der Waals surface area contributed by atoms with Crippen LogP contribution in [0.3, 0.4) is 0 Å². The van der Waals surface area contributed by atoms with Crippen LogP contribution in [0.15, 0.2) is 77.2 Å². The summed E-state index contributed by atoms with van der Waals surface area (Å²) in [6.07, 6.45) is 4.97. The lowest BCUT2D eigenvalue weighted by atomic mass is 10.1. The monoisotopic (exact) mass is 664 g/mol. The first-order valence-electron chi connectivity index (χ1n) is 12.4. The first kappa shape index (κ1) is 27.4. The molecule has 0 unspecified atom stereocenters. The highest BCUT2D eigenvalue weighted by atomic mass is 127. The number of nitrogens with one attached hydrogen (secondary N) is 3. The SMILES string of the molecule is N#CNC(=Nc1cccc(NC(=O)c2sccc2NCc2ccnc3ccccc23)c1)N1CCC[C@@]1(I)C(N)=O. The maximum atomic E-state index is 13.2. The highest BCUT2D eigenvalue weighted by molar-refractivity contribution is 14.1. The van der Waals surface area contributed by atoms with Gasteiger partial charge < -0.3 is 21.3 Å². The average molecular weight is 665 g/mol. The van der Waals surface area contributed by atoms with E-state index in [1.807, 2.05) is 70.6 Å². The van der Waals surface area contributed by atoms with Crippen molar-refractivity contribution in [1.29, 1.82) is 5.26 Å². The van der Waals surface area contributed by atoms with Crippen molar-refractivity contribution >= 4 is 79.7 Å². The van der Waals surface area contributed by atoms with Crippen LogP contribution in [0.2, 0.25) is 0 Å². The van der Waals surface area contributed by atoms with Gasteiger partial charge in [0.15, 0.2) is 9.74 Å². The Kier molecular flexibility index (Phi) is 8.13. The molecule has 1 atom stereocenters. The number of amides is 2. The van der Waals surface area contributed by atoms with Gasteiger partial charge in [0, 0.05) is 30.4 Å². The van der Waals surface area contributed by atoms with Crippen molar-refractivity contribution < 1.29 is 9.59 Å². The van der Waals surface area contributed by atoms with Crippen molar-refractivity contribution in [3.63, 3.8) is 0 Å². The fourth-order valence-electron chi connectivity index (χ4n) is 4.61. The Morgan fingerprint density at radius 2 is 2.05 bits per heavy atom. The minimum atomic E-state index is -0.975. The summed E-state index contributed by atoms with van der Waals surface area (Å²) < 4.78 is -0.975. The number of thiophene rings is 1. The molecule has 0 bridgehead atoms. The van der Waals surface area contributed by atoms with Gasteiger partial charge in [-0.2, -0.15) is 5.26 Å². The van der Waals surface area contributed by atoms with Gasteiger partial charge in [0.05, 0.1) is 16.9 Å². The Bertz CT molecular complexity index is 1640. The molecule has 4 aromatic rings. The summed E-state index contributed by atoms with van der Waals surface area (Å²) in [4.78, 5) is 36.6. The van der Waals surface area contributed by atoms with E-state index in [0.717, 1.165) is 28.6 Å². The third-order valence-electron chi connectivity index (χ3n) is 6.54. The minimum absolute atomic E-state index is 0.227. The number of guanidine groups is 1. The standard InChI is InChI=1S/C28H25IN8O2S/c29-28(26(31)39)11-4-13-37(28)27(34-17-30)36-20-6-3-5-19(15-20)35-25(38)24-23(10-14-40-24)33-16-18-9-12-32-22-8-2-1-7-21(18)22/h1-3,5-10,12,14-15,33H,4,11,13,16H2,(H2,31,39)(H,34,36)(H,35,38)/t28-/m0/s1. The van der Waals surface area contributed by atoms with E-state index in [1.54, 1.807) is 35.4 Å². The van der Waals surface area contributed by atoms with Gasteiger partial charge in [0.1, 0.15) is 4.88 Å². The molecule has 0 spiro atoms. The second-order valence-corrected chi connectivity index (χ2v) is 11.8. The minimum Gasteiger partial charge on any atom is -0.380 e. The number of primary amides is 1. The van der Waals surface area contributed by atoms with Gasteiger partial charge in [-0.1, -0.05) is 24.3 Å². The number of benzene rings is 2. The Morgan fingerprint density at radius 3 is 2.88 bits per heavy atom. The van der Waals surface area contributed by atoms with Gasteiger partial charge in [-0.3, -0.25) is 19.9 Å². The molecule has 5 rings (SSSR count). The lowest BCUT2D eigenvalue weighted by Crippen LogP contribution is -2.54. The van der Waals surface area contributed by atoms with E-state index in [-0.39, 0.29) is 11.9 Å². The van der Waals surface area contributed by atoms with Crippen LogP contribution in [0, 0.1) is 11.5 Å². The first-order chi connectivity index (χ1) is 19.4. The Hall–Kier alpha value is -4.22. The molecule has 1 fully saturated rings. The van der Waals surface area contributed by atoms with Crippen molar-refractivity contribution in [3.05, 3.63) is 82.7 Å². The van der Waals surface area contributed by atoms with E-state index < -0.39 is 9.45 Å². The summed E-state index contributed by atoms with van der Waals surface area (Å²) in [5.74, 6) is -0.519. The number of halogens is 1. The predicted octanol–water partition coefficient (Wildman–Crippen LogP) is 4.93. The number of para-hydroxylation sites is 1. The molecule has 3 heterocycles. The van der Waals surface area contributed by atoms with Crippen molar-refractivity contribution in [2.75, 3.05) is 17.2 Å². The van der Waals surface area contributed by atoms with Gasteiger partial charge in [-0.05, 0) is 82.8 Å². The quantitative estimate of drug-likeness (QED) is 0.0417. The zero-order valence-electron chi connectivity index (χ0n) is 21.2. The summed E-state index contributed by atoms with van der Waals surface area (Å²) in [6, 6.07) is 18.8. The van der Waals surface area contributed by atoms with Crippen molar-refractivity contribution in [2.24, 2.45) is 10.7 Å². The number of carbonyl (C=O) groups is 2. The Morgan fingerprint density at radius 1 is 1.20 bits per heavy atom. The number of pyridine rings is 1. The number of aliphatic imine (C=N–C) groups is 1. The smallest absolute Gasteiger partial charge is 0.267 e. The zero-order chi connectivity index (χ0) is 28.1. The maximum absolute atomic E-state index is 13.2. The van der Waals surface area contributed by atoms with Crippen LogP contribution >= 0.6 is 33.9 Å². The molecule has 2 amide bonds. The van der Waals surface area contributed by atoms with E-state index in [0.29, 0.717) is 35.8 Å². The molecule has 0 saturated carbocycles. The van der Waals surface area contributed by atoms with Crippen molar-refractivity contribution in [2.45, 2.75) is 22.9 Å². The fraction of sp³-hybridized carbons (Fsp3) is 0.179. The summed E-state index contributed by atoms with van der Waals surface area (Å²) in [5, 5.41) is 21.1. The molecular formula is C28H25IN8O2S. The number of nitriles is 1. The van der Waals surface area contributed by atoms with Crippen LogP contribution in [0.4, 0.5) is 17.1 Å². The number of aromatic nitrogens is 1. The second kappa shape index (κ2) is 11.9. The van der Waals surface area contributed by atoms with Gasteiger partial charge in [-0.25, -0.2) is 4.99 Å². The van der Waals surface area contributed by atoms with Gasteiger partial charge in [0.25, 0.3) is 11.8 Å². The number of carbonyl (C=O) groups excluding carboxylic acids is 2. The molecule has 0 radical (unpaired) electrons. The molecule has 10 nitrogen and oxygen atoms in total. The largest absolute Gasteiger partial charge is 0.380 e. The van der Waals surface area contributed by atoms with Crippen LogP contribution in [-0.4, -0.2) is 37.7 Å². The van der Waals surface area contributed by atoms with Crippen LogP contribution in [0.5, 0.6) is 0 Å². The molecule has 12 heteroatoms. The van der Waals surface area contributed by atoms with Crippen molar-refractivity contribution in [1.82, 2.24) is 15.2 Å². The number of likely N-dealkylation sites (tertiary alicyclic amines) is 1. The summed E-state index contributed by atoms with van der Waals surface area (Å²) in [6.45, 7) is 1.07. The summed E-state index contributed by atoms with van der Waals surface area (Å²) >= 11 is 3.36. The highest BCUT2D eigenvalue weighted by Gasteiger charge is 2.45. The van der Waals surface area contributed by atoms with Crippen LogP contribution < -0.4 is 21.7 Å². The van der Waals surface area contributed by atoms with E-state index in [2.05, 4.69) is 25.9 Å². The fourth-order valence-corrected chi connectivity index (χ4v) is 6.22. The molecule has 1 aliphatic rings. The number of hydrogen-bond acceptors (Lipinski definition) is 7. The third kappa shape index (κ3) is 5.70. The summed E-state index contributed by atoms with van der Waals surface area (Å²) in [7, 11) is 0. The lowest BCUT2D eigenvalue weighted by Gasteiger charge is -2.32. The lowest BCUT2D eigenvalue weighted by molar-refractivity contribution is -0.121. The maximum Gasteiger partial charge on any atom is 0.267 e. The van der Waals surface area contributed by atoms with E-state index >= 15 is 0 Å². The molecule has 5 N–H and O–H groups in total. The molecule has 202 valence electrons. The number of alkyl halides is 1. The predicted molar refractivity (Wildman–Crippen MR) is 166 cm³/mol. The normalized spacial score (nSPS) is 16.9. The molecule has 1 aliphatic heterocycles. The number of nitrogens with two attached hydrogens (primary N) is 1. The van der Waals surface area contributed by atoms with E-state index in [9.17, 15) is 14.9 Å². The average Bonchev–Trinajstić information content (AvgIpc) is 3.59. The number of nitrogens with zero attached hydrogens (tertiary/aromatic N) is 4. The van der Waals surface area contributed by atoms with Crippen LogP contribution in [-0.2, 0) is 11.3 Å². The highest BCUT2D eigenvalue weighted by Crippen LogP contribution is 2.36. The number of fused-ring (bicyclic) bond motifs is 1. The van der Waals surface area contributed by atoms with E-state index in [1.165, 1.54) is 11.3 Å². The van der Waals surface area contributed by atoms with Crippen LogP contribution in [0.1, 0.15) is 28.1 Å². The molecule has 40 heavy (non-hydrogen) atoms. The summed E-state index contributed by atoms with van der Waals surface area (Å²) in [5.41, 5.74) is 9.44. The first-order valence-corrected chi connectivity index (χ1v) is 14.4. The Balaban J connectivity index is 1.32. The molecule has 1 saturated heterocycles. The number of anilines is 2. The van der Waals surface area contributed by atoms with Crippen molar-refractivity contribution in [3.8, 4) is 6.19 Å². The number of rotatable bonds is 7.